The first-order chi connectivity index (χ1) is 9.20. The van der Waals surface area contributed by atoms with Crippen molar-refractivity contribution in [1.29, 1.82) is 0 Å². The first-order valence-corrected chi connectivity index (χ1v) is 7.69. The van der Waals surface area contributed by atoms with Crippen molar-refractivity contribution in [3.8, 4) is 5.75 Å². The molecule has 2 aromatic carbocycles. The highest BCUT2D eigenvalue weighted by molar-refractivity contribution is 9.11. The Kier molecular flexibility index (Phi) is 5.28. The number of benzene rings is 2. The fourth-order valence-electron chi connectivity index (χ4n) is 1.73. The zero-order valence-corrected chi connectivity index (χ0v) is 13.8. The molecule has 0 heterocycles. The minimum absolute atomic E-state index is 0.696. The molecule has 0 spiro atoms. The molecule has 0 bridgehead atoms. The highest BCUT2D eigenvalue weighted by Gasteiger charge is 2.03. The van der Waals surface area contributed by atoms with Crippen LogP contribution in [0.2, 0.25) is 0 Å². The molecule has 0 radical (unpaired) electrons. The number of nitrogens with one attached hydrogen (secondary N) is 1. The van der Waals surface area contributed by atoms with E-state index < -0.39 is 0 Å². The Morgan fingerprint density at radius 1 is 1.00 bits per heavy atom. The maximum Gasteiger partial charge on any atom is 0.119 e. The Morgan fingerprint density at radius 2 is 1.63 bits per heavy atom. The minimum Gasteiger partial charge on any atom is -0.494 e. The molecule has 2 aromatic rings. The van der Waals surface area contributed by atoms with Crippen LogP contribution in [0.3, 0.4) is 0 Å². The standard InChI is InChI=1S/C15H15Br2NO/c1-2-19-12-8-6-11(7-9-12)10-18-15-13(16)4-3-5-14(15)17/h3-9,18H,2,10H2,1H3. The van der Waals surface area contributed by atoms with Gasteiger partial charge >= 0.3 is 0 Å². The van der Waals surface area contributed by atoms with Crippen molar-refractivity contribution >= 4 is 37.5 Å². The van der Waals surface area contributed by atoms with Gasteiger partial charge in [0.25, 0.3) is 0 Å². The molecular weight excluding hydrogens is 370 g/mol. The summed E-state index contributed by atoms with van der Waals surface area (Å²) in [6.45, 7) is 3.45. The molecule has 0 unspecified atom stereocenters. The summed E-state index contributed by atoms with van der Waals surface area (Å²) in [7, 11) is 0. The second-order valence-corrected chi connectivity index (χ2v) is 5.74. The lowest BCUT2D eigenvalue weighted by molar-refractivity contribution is 0.340. The van der Waals surface area contributed by atoms with Crippen LogP contribution < -0.4 is 10.1 Å². The van der Waals surface area contributed by atoms with E-state index in [-0.39, 0.29) is 0 Å². The molecule has 0 saturated carbocycles. The summed E-state index contributed by atoms with van der Waals surface area (Å²) >= 11 is 7.08. The molecule has 0 fully saturated rings. The number of para-hydroxylation sites is 1. The van der Waals surface area contributed by atoms with Crippen molar-refractivity contribution < 1.29 is 4.74 Å². The van der Waals surface area contributed by atoms with Crippen LogP contribution in [0.4, 0.5) is 5.69 Å². The highest BCUT2D eigenvalue weighted by atomic mass is 79.9. The molecular formula is C15H15Br2NO. The Bertz CT molecular complexity index is 520. The third kappa shape index (κ3) is 3.98. The predicted octanol–water partition coefficient (Wildman–Crippen LogP) is 5.22. The summed E-state index contributed by atoms with van der Waals surface area (Å²) in [6, 6.07) is 14.2. The molecule has 2 nitrogen and oxygen atoms in total. The van der Waals surface area contributed by atoms with Crippen LogP contribution in [0, 0.1) is 0 Å². The van der Waals surface area contributed by atoms with Crippen molar-refractivity contribution in [2.75, 3.05) is 11.9 Å². The van der Waals surface area contributed by atoms with Gasteiger partial charge in [-0.15, -0.1) is 0 Å². The monoisotopic (exact) mass is 383 g/mol. The van der Waals surface area contributed by atoms with Crippen molar-refractivity contribution in [1.82, 2.24) is 0 Å². The van der Waals surface area contributed by atoms with E-state index in [1.165, 1.54) is 5.56 Å². The molecule has 19 heavy (non-hydrogen) atoms. The molecule has 0 amide bonds. The normalized spacial score (nSPS) is 10.3. The fourth-order valence-corrected chi connectivity index (χ4v) is 3.01. The molecule has 0 aliphatic carbocycles. The Morgan fingerprint density at radius 3 is 2.21 bits per heavy atom. The number of anilines is 1. The minimum atomic E-state index is 0.696. The molecule has 1 N–H and O–H groups in total. The summed E-state index contributed by atoms with van der Waals surface area (Å²) < 4.78 is 7.52. The Hall–Kier alpha value is -1.00. The van der Waals surface area contributed by atoms with E-state index in [0.29, 0.717) is 6.61 Å². The molecule has 0 atom stereocenters. The summed E-state index contributed by atoms with van der Waals surface area (Å²) in [5.74, 6) is 0.910. The van der Waals surface area contributed by atoms with Gasteiger partial charge in [0.05, 0.1) is 12.3 Å². The van der Waals surface area contributed by atoms with Crippen LogP contribution >= 0.6 is 31.9 Å². The van der Waals surface area contributed by atoms with E-state index in [9.17, 15) is 0 Å². The first-order valence-electron chi connectivity index (χ1n) is 6.10. The van der Waals surface area contributed by atoms with Gasteiger partial charge in [-0.1, -0.05) is 18.2 Å². The predicted molar refractivity (Wildman–Crippen MR) is 86.8 cm³/mol. The Balaban J connectivity index is 2.02. The van der Waals surface area contributed by atoms with Crippen LogP contribution in [0.5, 0.6) is 5.75 Å². The van der Waals surface area contributed by atoms with E-state index in [1.54, 1.807) is 0 Å². The van der Waals surface area contributed by atoms with E-state index in [1.807, 2.05) is 37.3 Å². The van der Waals surface area contributed by atoms with Gasteiger partial charge in [0, 0.05) is 15.5 Å². The average Bonchev–Trinajstić information content (AvgIpc) is 2.40. The molecule has 100 valence electrons. The molecule has 0 aromatic heterocycles. The molecule has 0 aliphatic heterocycles. The van der Waals surface area contributed by atoms with Crippen LogP contribution in [-0.2, 0) is 6.54 Å². The van der Waals surface area contributed by atoms with Crippen molar-refractivity contribution in [3.05, 3.63) is 57.0 Å². The third-order valence-corrected chi connectivity index (χ3v) is 3.99. The van der Waals surface area contributed by atoms with Crippen molar-refractivity contribution in [2.45, 2.75) is 13.5 Å². The maximum atomic E-state index is 5.43. The first kappa shape index (κ1) is 14.4. The van der Waals surface area contributed by atoms with Crippen molar-refractivity contribution in [3.63, 3.8) is 0 Å². The number of rotatable bonds is 5. The molecule has 4 heteroatoms. The smallest absolute Gasteiger partial charge is 0.119 e. The fraction of sp³-hybridized carbons (Fsp3) is 0.200. The second-order valence-electron chi connectivity index (χ2n) is 4.03. The highest BCUT2D eigenvalue weighted by Crippen LogP contribution is 2.30. The van der Waals surface area contributed by atoms with Gasteiger partial charge in [-0.2, -0.15) is 0 Å². The van der Waals surface area contributed by atoms with Gasteiger partial charge in [0.15, 0.2) is 0 Å². The van der Waals surface area contributed by atoms with Gasteiger partial charge in [0.2, 0.25) is 0 Å². The van der Waals surface area contributed by atoms with Crippen LogP contribution in [-0.4, -0.2) is 6.61 Å². The van der Waals surface area contributed by atoms with Crippen LogP contribution in [0.15, 0.2) is 51.4 Å². The largest absolute Gasteiger partial charge is 0.494 e. The summed E-state index contributed by atoms with van der Waals surface area (Å²) in [4.78, 5) is 0. The second kappa shape index (κ2) is 6.96. The maximum absolute atomic E-state index is 5.43. The zero-order chi connectivity index (χ0) is 13.7. The lowest BCUT2D eigenvalue weighted by Gasteiger charge is -2.11. The van der Waals surface area contributed by atoms with Gasteiger partial charge < -0.3 is 10.1 Å². The van der Waals surface area contributed by atoms with Gasteiger partial charge in [0.1, 0.15) is 5.75 Å². The summed E-state index contributed by atoms with van der Waals surface area (Å²) in [5, 5.41) is 3.41. The van der Waals surface area contributed by atoms with Gasteiger partial charge in [-0.3, -0.25) is 0 Å². The van der Waals surface area contributed by atoms with Crippen LogP contribution in [0.1, 0.15) is 12.5 Å². The number of hydrogen-bond donors (Lipinski definition) is 1. The number of halogens is 2. The molecule has 0 saturated heterocycles. The number of hydrogen-bond acceptors (Lipinski definition) is 2. The summed E-state index contributed by atoms with van der Waals surface area (Å²) in [6.07, 6.45) is 0. The van der Waals surface area contributed by atoms with Gasteiger partial charge in [-0.25, -0.2) is 0 Å². The molecule has 0 aliphatic rings. The summed E-state index contributed by atoms with van der Waals surface area (Å²) in [5.41, 5.74) is 2.28. The lowest BCUT2D eigenvalue weighted by Crippen LogP contribution is -2.01. The third-order valence-electron chi connectivity index (χ3n) is 2.67. The zero-order valence-electron chi connectivity index (χ0n) is 10.6. The average molecular weight is 385 g/mol. The van der Waals surface area contributed by atoms with E-state index >= 15 is 0 Å². The van der Waals surface area contributed by atoms with E-state index in [2.05, 4.69) is 49.3 Å². The van der Waals surface area contributed by atoms with E-state index in [0.717, 1.165) is 26.9 Å². The Labute approximate surface area is 130 Å². The van der Waals surface area contributed by atoms with E-state index in [4.69, 9.17) is 4.74 Å². The quantitative estimate of drug-likeness (QED) is 0.762. The lowest BCUT2D eigenvalue weighted by atomic mass is 10.2. The van der Waals surface area contributed by atoms with Crippen LogP contribution in [0.25, 0.3) is 0 Å². The molecule has 2 rings (SSSR count). The van der Waals surface area contributed by atoms with Gasteiger partial charge in [-0.05, 0) is 68.6 Å². The SMILES string of the molecule is CCOc1ccc(CNc2c(Br)cccc2Br)cc1. The number of ether oxygens (including phenoxy) is 1. The topological polar surface area (TPSA) is 21.3 Å². The van der Waals surface area contributed by atoms with Crippen molar-refractivity contribution in [2.24, 2.45) is 0 Å².